The van der Waals surface area contributed by atoms with Crippen LogP contribution in [0.1, 0.15) is 19.4 Å². The third kappa shape index (κ3) is 6.09. The molecule has 0 heterocycles. The zero-order valence-electron chi connectivity index (χ0n) is 11.1. The molecule has 0 bridgehead atoms. The summed E-state index contributed by atoms with van der Waals surface area (Å²) in [6.45, 7) is 4.14. The highest BCUT2D eigenvalue weighted by Crippen LogP contribution is 2.09. The van der Waals surface area contributed by atoms with Crippen LogP contribution in [-0.4, -0.2) is 26.8 Å². The lowest BCUT2D eigenvalue weighted by Gasteiger charge is -2.25. The smallest absolute Gasteiger partial charge is 0.209 e. The van der Waals surface area contributed by atoms with Gasteiger partial charge in [0.15, 0.2) is 11.6 Å². The van der Waals surface area contributed by atoms with Crippen LogP contribution < -0.4 is 10.0 Å². The van der Waals surface area contributed by atoms with Crippen LogP contribution in [0.5, 0.6) is 0 Å². The van der Waals surface area contributed by atoms with Crippen molar-refractivity contribution in [2.45, 2.75) is 25.9 Å². The van der Waals surface area contributed by atoms with Gasteiger partial charge >= 0.3 is 0 Å². The Labute approximate surface area is 112 Å². The maximum atomic E-state index is 13.0. The van der Waals surface area contributed by atoms with Crippen LogP contribution in [0.4, 0.5) is 8.78 Å². The lowest BCUT2D eigenvalue weighted by molar-refractivity contribution is 0.420. The van der Waals surface area contributed by atoms with Crippen LogP contribution in [0.3, 0.4) is 0 Å². The van der Waals surface area contributed by atoms with Gasteiger partial charge in [-0.15, -0.1) is 0 Å². The maximum Gasteiger partial charge on any atom is 0.209 e. The molecule has 7 heteroatoms. The van der Waals surface area contributed by atoms with Crippen LogP contribution in [0.2, 0.25) is 0 Å². The Morgan fingerprint density at radius 2 is 1.84 bits per heavy atom. The van der Waals surface area contributed by atoms with E-state index in [1.165, 1.54) is 6.07 Å². The molecule has 0 atom stereocenters. The third-order valence-corrected chi connectivity index (χ3v) is 3.27. The van der Waals surface area contributed by atoms with Gasteiger partial charge in [-0.2, -0.15) is 0 Å². The fraction of sp³-hybridized carbons (Fsp3) is 0.500. The van der Waals surface area contributed by atoms with Crippen LogP contribution in [0.25, 0.3) is 0 Å². The molecule has 0 saturated heterocycles. The summed E-state index contributed by atoms with van der Waals surface area (Å²) < 4.78 is 50.4. The van der Waals surface area contributed by atoms with E-state index in [9.17, 15) is 17.2 Å². The predicted molar refractivity (Wildman–Crippen MR) is 70.1 cm³/mol. The summed E-state index contributed by atoms with van der Waals surface area (Å²) in [5, 5.41) is 3.00. The van der Waals surface area contributed by atoms with E-state index in [0.717, 1.165) is 18.4 Å². The molecule has 1 rings (SSSR count). The molecule has 0 spiro atoms. The van der Waals surface area contributed by atoms with Crippen molar-refractivity contribution in [2.75, 3.05) is 12.8 Å². The van der Waals surface area contributed by atoms with E-state index in [-0.39, 0.29) is 0 Å². The Morgan fingerprint density at radius 1 is 1.21 bits per heavy atom. The molecule has 1 aromatic carbocycles. The molecule has 19 heavy (non-hydrogen) atoms. The zero-order chi connectivity index (χ0) is 14.7. The molecule has 0 aliphatic carbocycles. The number of halogens is 2. The third-order valence-electron chi connectivity index (χ3n) is 2.34. The second kappa shape index (κ2) is 5.94. The number of benzene rings is 1. The fourth-order valence-corrected chi connectivity index (χ4v) is 2.78. The molecule has 2 N–H and O–H groups in total. The highest BCUT2D eigenvalue weighted by atomic mass is 32.2. The summed E-state index contributed by atoms with van der Waals surface area (Å²) in [5.74, 6) is -1.78. The van der Waals surface area contributed by atoms with Crippen molar-refractivity contribution in [2.24, 2.45) is 0 Å². The second-order valence-electron chi connectivity index (χ2n) is 5.11. The van der Waals surface area contributed by atoms with Gasteiger partial charge in [0.25, 0.3) is 0 Å². The molecule has 4 nitrogen and oxygen atoms in total. The number of hydrogen-bond donors (Lipinski definition) is 2. The Morgan fingerprint density at radius 3 is 2.37 bits per heavy atom. The van der Waals surface area contributed by atoms with Gasteiger partial charge in [0.1, 0.15) is 0 Å². The first-order valence-corrected chi connectivity index (χ1v) is 7.62. The van der Waals surface area contributed by atoms with Gasteiger partial charge in [-0.1, -0.05) is 6.07 Å². The van der Waals surface area contributed by atoms with Crippen molar-refractivity contribution in [1.82, 2.24) is 10.0 Å². The van der Waals surface area contributed by atoms with E-state index >= 15 is 0 Å². The predicted octanol–water partition coefficient (Wildman–Crippen LogP) is 1.38. The maximum absolute atomic E-state index is 13.0. The van der Waals surface area contributed by atoms with Gasteiger partial charge < -0.3 is 5.32 Å². The molecule has 0 fully saturated rings. The van der Waals surface area contributed by atoms with Gasteiger partial charge in [0.05, 0.1) is 6.26 Å². The Hall–Kier alpha value is -1.05. The zero-order valence-corrected chi connectivity index (χ0v) is 11.9. The molecule has 108 valence electrons. The summed E-state index contributed by atoms with van der Waals surface area (Å²) >= 11 is 0. The molecule has 0 amide bonds. The molecule has 1 aromatic rings. The summed E-state index contributed by atoms with van der Waals surface area (Å²) in [6, 6.07) is 3.65. The van der Waals surface area contributed by atoms with Crippen molar-refractivity contribution < 1.29 is 17.2 Å². The number of hydrogen-bond acceptors (Lipinski definition) is 3. The molecule has 0 aliphatic rings. The number of sulfonamides is 1. The van der Waals surface area contributed by atoms with E-state index in [1.807, 2.05) is 0 Å². The minimum absolute atomic E-state index is 0.325. The highest BCUT2D eigenvalue weighted by Gasteiger charge is 2.21. The molecular formula is C12H18F2N2O2S. The van der Waals surface area contributed by atoms with E-state index in [0.29, 0.717) is 18.7 Å². The van der Waals surface area contributed by atoms with Crippen molar-refractivity contribution in [3.8, 4) is 0 Å². The first-order valence-electron chi connectivity index (χ1n) is 5.73. The molecule has 0 aliphatic heterocycles. The topological polar surface area (TPSA) is 58.2 Å². The van der Waals surface area contributed by atoms with Crippen LogP contribution in [0.15, 0.2) is 18.2 Å². The Balaban J connectivity index is 2.51. The largest absolute Gasteiger partial charge is 0.311 e. The molecular weight excluding hydrogens is 274 g/mol. The summed E-state index contributed by atoms with van der Waals surface area (Å²) in [6.07, 6.45) is 1.09. The lowest BCUT2D eigenvalue weighted by atomic mass is 10.1. The summed E-state index contributed by atoms with van der Waals surface area (Å²) in [7, 11) is -3.29. The first-order chi connectivity index (χ1) is 8.59. The van der Waals surface area contributed by atoms with Gasteiger partial charge in [-0.05, 0) is 31.5 Å². The van der Waals surface area contributed by atoms with Crippen molar-refractivity contribution in [3.63, 3.8) is 0 Å². The molecule has 0 saturated carbocycles. The second-order valence-corrected chi connectivity index (χ2v) is 6.86. The van der Waals surface area contributed by atoms with E-state index < -0.39 is 27.2 Å². The lowest BCUT2D eigenvalue weighted by Crippen LogP contribution is -2.49. The standard InChI is InChI=1S/C12H18F2N2O2S/c1-12(2,16-19(3,17)18)8-15-7-9-4-5-10(13)11(14)6-9/h4-6,15-16H,7-8H2,1-3H3. The van der Waals surface area contributed by atoms with Crippen LogP contribution >= 0.6 is 0 Å². The normalized spacial score (nSPS) is 12.7. The van der Waals surface area contributed by atoms with Crippen LogP contribution in [0, 0.1) is 11.6 Å². The highest BCUT2D eigenvalue weighted by molar-refractivity contribution is 7.88. The van der Waals surface area contributed by atoms with Crippen LogP contribution in [-0.2, 0) is 16.6 Å². The van der Waals surface area contributed by atoms with Gasteiger partial charge in [-0.25, -0.2) is 21.9 Å². The minimum Gasteiger partial charge on any atom is -0.311 e. The van der Waals surface area contributed by atoms with Crippen molar-refractivity contribution in [3.05, 3.63) is 35.4 Å². The van der Waals surface area contributed by atoms with E-state index in [4.69, 9.17) is 0 Å². The number of rotatable bonds is 6. The fourth-order valence-electron chi connectivity index (χ4n) is 1.71. The first kappa shape index (κ1) is 16.0. The molecule has 0 radical (unpaired) electrons. The van der Waals surface area contributed by atoms with Crippen molar-refractivity contribution in [1.29, 1.82) is 0 Å². The SMILES string of the molecule is CC(C)(CNCc1ccc(F)c(F)c1)NS(C)(=O)=O. The summed E-state index contributed by atoms with van der Waals surface area (Å²) in [4.78, 5) is 0. The molecule has 0 unspecified atom stereocenters. The number of nitrogens with one attached hydrogen (secondary N) is 2. The monoisotopic (exact) mass is 292 g/mol. The Bertz CT molecular complexity index is 545. The van der Waals surface area contributed by atoms with Gasteiger partial charge in [-0.3, -0.25) is 0 Å². The average molecular weight is 292 g/mol. The van der Waals surface area contributed by atoms with Gasteiger partial charge in [0, 0.05) is 18.6 Å². The minimum atomic E-state index is -3.29. The van der Waals surface area contributed by atoms with Gasteiger partial charge in [0.2, 0.25) is 10.0 Å². The quantitative estimate of drug-likeness (QED) is 0.833. The summed E-state index contributed by atoms with van der Waals surface area (Å²) in [5.41, 5.74) is -0.0688. The average Bonchev–Trinajstić information content (AvgIpc) is 2.19. The van der Waals surface area contributed by atoms with E-state index in [1.54, 1.807) is 13.8 Å². The van der Waals surface area contributed by atoms with Crippen molar-refractivity contribution >= 4 is 10.0 Å². The Kier molecular flexibility index (Phi) is 5.00. The van der Waals surface area contributed by atoms with E-state index in [2.05, 4.69) is 10.0 Å². The molecule has 0 aromatic heterocycles.